The predicted octanol–water partition coefficient (Wildman–Crippen LogP) is 3.38. The van der Waals surface area contributed by atoms with Crippen LogP contribution in [0.2, 0.25) is 18.1 Å². The van der Waals surface area contributed by atoms with Crippen LogP contribution in [-0.2, 0) is 9.16 Å². The van der Waals surface area contributed by atoms with Gasteiger partial charge in [-0.3, -0.25) is 0 Å². The number of hydrogen-bond acceptors (Lipinski definition) is 4. The maximum Gasteiger partial charge on any atom is 0.410 e. The van der Waals surface area contributed by atoms with E-state index in [0.29, 0.717) is 19.6 Å². The van der Waals surface area contributed by atoms with Crippen LogP contribution in [0.15, 0.2) is 0 Å². The van der Waals surface area contributed by atoms with Gasteiger partial charge >= 0.3 is 6.09 Å². The number of amides is 1. The summed E-state index contributed by atoms with van der Waals surface area (Å²) in [5.74, 6) is 0. The van der Waals surface area contributed by atoms with Crippen LogP contribution in [0, 0.1) is 0 Å². The minimum Gasteiger partial charge on any atom is -0.444 e. The van der Waals surface area contributed by atoms with Crippen molar-refractivity contribution in [3.8, 4) is 0 Å². The second-order valence-corrected chi connectivity index (χ2v) is 13.6. The Labute approximate surface area is 136 Å². The van der Waals surface area contributed by atoms with Crippen LogP contribution in [0.25, 0.3) is 0 Å². The van der Waals surface area contributed by atoms with E-state index in [1.165, 1.54) is 0 Å². The van der Waals surface area contributed by atoms with Crippen LogP contribution >= 0.6 is 0 Å². The summed E-state index contributed by atoms with van der Waals surface area (Å²) >= 11 is 0. The zero-order valence-corrected chi connectivity index (χ0v) is 16.4. The van der Waals surface area contributed by atoms with Gasteiger partial charge in [0.05, 0.1) is 25.3 Å². The average Bonchev–Trinajstić information content (AvgIpc) is 2.64. The molecule has 5 nitrogen and oxygen atoms in total. The fourth-order valence-corrected chi connectivity index (χ4v) is 3.16. The highest BCUT2D eigenvalue weighted by Gasteiger charge is 2.41. The highest BCUT2D eigenvalue weighted by atomic mass is 28.4. The lowest BCUT2D eigenvalue weighted by molar-refractivity contribution is 0.0168. The number of nitrogens with zero attached hydrogens (tertiary/aromatic N) is 1. The van der Waals surface area contributed by atoms with E-state index in [9.17, 15) is 9.90 Å². The Morgan fingerprint density at radius 3 is 2.23 bits per heavy atom. The van der Waals surface area contributed by atoms with Gasteiger partial charge in [0.25, 0.3) is 0 Å². The van der Waals surface area contributed by atoms with E-state index in [-0.39, 0.29) is 17.2 Å². The first-order valence-electron chi connectivity index (χ1n) is 8.04. The second-order valence-electron chi connectivity index (χ2n) is 8.75. The van der Waals surface area contributed by atoms with Crippen molar-refractivity contribution in [3.63, 3.8) is 0 Å². The monoisotopic (exact) mass is 331 g/mol. The Hall–Kier alpha value is -0.593. The largest absolute Gasteiger partial charge is 0.444 e. The minimum atomic E-state index is -1.87. The van der Waals surface area contributed by atoms with E-state index in [4.69, 9.17) is 9.16 Å². The lowest BCUT2D eigenvalue weighted by Crippen LogP contribution is -2.46. The SMILES string of the molecule is CC(C)(C)OC(=O)N1C[C@@H](O)C[C@@H]1CO[Si](C)(C)C(C)(C)C. The normalized spacial score (nSPS) is 23.8. The summed E-state index contributed by atoms with van der Waals surface area (Å²) in [7, 11) is -1.87. The topological polar surface area (TPSA) is 59.0 Å². The fraction of sp³-hybridized carbons (Fsp3) is 0.938. The van der Waals surface area contributed by atoms with Gasteiger partial charge in [-0.15, -0.1) is 0 Å². The molecule has 6 heteroatoms. The molecule has 1 fully saturated rings. The van der Waals surface area contributed by atoms with Crippen molar-refractivity contribution in [2.45, 2.75) is 83.8 Å². The Bertz CT molecular complexity index is 398. The van der Waals surface area contributed by atoms with Gasteiger partial charge in [0.2, 0.25) is 0 Å². The molecule has 0 saturated carbocycles. The van der Waals surface area contributed by atoms with Crippen LogP contribution < -0.4 is 0 Å². The second kappa shape index (κ2) is 6.49. The molecule has 1 amide bonds. The number of ether oxygens (including phenoxy) is 1. The van der Waals surface area contributed by atoms with Crippen LogP contribution in [-0.4, -0.2) is 55.3 Å². The van der Waals surface area contributed by atoms with Crippen molar-refractivity contribution in [1.29, 1.82) is 0 Å². The third kappa shape index (κ3) is 5.24. The van der Waals surface area contributed by atoms with Crippen molar-refractivity contribution in [1.82, 2.24) is 4.90 Å². The number of carbonyl (C=O) groups is 1. The molecule has 130 valence electrons. The Morgan fingerprint density at radius 2 is 1.77 bits per heavy atom. The highest BCUT2D eigenvalue weighted by molar-refractivity contribution is 6.74. The van der Waals surface area contributed by atoms with Gasteiger partial charge in [-0.25, -0.2) is 4.79 Å². The van der Waals surface area contributed by atoms with Crippen LogP contribution in [0.1, 0.15) is 48.0 Å². The molecule has 1 N–H and O–H groups in total. The molecule has 0 bridgehead atoms. The average molecular weight is 332 g/mol. The van der Waals surface area contributed by atoms with Crippen LogP contribution in [0.5, 0.6) is 0 Å². The Balaban J connectivity index is 2.70. The maximum atomic E-state index is 12.3. The van der Waals surface area contributed by atoms with E-state index in [2.05, 4.69) is 33.9 Å². The van der Waals surface area contributed by atoms with E-state index >= 15 is 0 Å². The highest BCUT2D eigenvalue weighted by Crippen LogP contribution is 2.37. The molecule has 22 heavy (non-hydrogen) atoms. The Morgan fingerprint density at radius 1 is 1.23 bits per heavy atom. The first-order chi connectivity index (χ1) is 9.73. The summed E-state index contributed by atoms with van der Waals surface area (Å²) in [6, 6.07) is -0.112. The molecule has 0 aliphatic carbocycles. The summed E-state index contributed by atoms with van der Waals surface area (Å²) in [5, 5.41) is 10.0. The molecule has 1 rings (SSSR count). The molecule has 1 aliphatic heterocycles. The summed E-state index contributed by atoms with van der Waals surface area (Å²) < 4.78 is 11.6. The quantitative estimate of drug-likeness (QED) is 0.806. The number of aliphatic hydroxyl groups is 1. The van der Waals surface area contributed by atoms with Crippen molar-refractivity contribution in [2.24, 2.45) is 0 Å². The third-order valence-electron chi connectivity index (χ3n) is 4.46. The number of aliphatic hydroxyl groups excluding tert-OH is 1. The minimum absolute atomic E-state index is 0.112. The molecule has 0 aromatic heterocycles. The molecule has 0 spiro atoms. The molecule has 2 atom stereocenters. The zero-order valence-electron chi connectivity index (χ0n) is 15.4. The van der Waals surface area contributed by atoms with Gasteiger partial charge < -0.3 is 19.2 Å². The van der Waals surface area contributed by atoms with Gasteiger partial charge in [-0.05, 0) is 45.3 Å². The number of carbonyl (C=O) groups excluding carboxylic acids is 1. The summed E-state index contributed by atoms with van der Waals surface area (Å²) in [6.07, 6.45) is -0.318. The van der Waals surface area contributed by atoms with Gasteiger partial charge in [-0.2, -0.15) is 0 Å². The molecule has 1 aliphatic rings. The summed E-state index contributed by atoms with van der Waals surface area (Å²) in [6.45, 7) is 17.3. The number of rotatable bonds is 3. The summed E-state index contributed by atoms with van der Waals surface area (Å²) in [5.41, 5.74) is -0.532. The van der Waals surface area contributed by atoms with Gasteiger partial charge in [-0.1, -0.05) is 20.8 Å². The van der Waals surface area contributed by atoms with Gasteiger partial charge in [0.15, 0.2) is 8.32 Å². The van der Waals surface area contributed by atoms with Gasteiger partial charge in [0.1, 0.15) is 5.60 Å². The van der Waals surface area contributed by atoms with Crippen molar-refractivity contribution in [2.75, 3.05) is 13.2 Å². The first-order valence-corrected chi connectivity index (χ1v) is 11.0. The number of likely N-dealkylation sites (tertiary alicyclic amines) is 1. The van der Waals surface area contributed by atoms with E-state index in [1.54, 1.807) is 4.90 Å². The van der Waals surface area contributed by atoms with E-state index in [0.717, 1.165) is 0 Å². The summed E-state index contributed by atoms with van der Waals surface area (Å²) in [4.78, 5) is 13.9. The molecular weight excluding hydrogens is 298 g/mol. The molecule has 0 aromatic rings. The van der Waals surface area contributed by atoms with Crippen molar-refractivity contribution < 1.29 is 19.1 Å². The number of hydrogen-bond donors (Lipinski definition) is 1. The molecule has 0 aromatic carbocycles. The molecule has 0 unspecified atom stereocenters. The maximum absolute atomic E-state index is 12.3. The zero-order chi connectivity index (χ0) is 17.3. The Kier molecular flexibility index (Phi) is 5.74. The number of β-amino-alcohol motifs (C(OH)–C–C–N with tert-alkyl or cyclic N) is 1. The standard InChI is InChI=1S/C16H33NO4Si/c1-15(2,3)21-14(19)17-10-13(18)9-12(17)11-20-22(7,8)16(4,5)6/h12-13,18H,9-11H2,1-8H3/t12-,13+/m1/s1. The predicted molar refractivity (Wildman–Crippen MR) is 90.5 cm³/mol. The molecule has 0 radical (unpaired) electrons. The van der Waals surface area contributed by atoms with E-state index < -0.39 is 20.0 Å². The fourth-order valence-electron chi connectivity index (χ4n) is 2.12. The smallest absolute Gasteiger partial charge is 0.410 e. The van der Waals surface area contributed by atoms with Crippen LogP contribution in [0.4, 0.5) is 4.79 Å². The molecule has 1 saturated heterocycles. The van der Waals surface area contributed by atoms with Crippen molar-refractivity contribution >= 4 is 14.4 Å². The molecule has 1 heterocycles. The lowest BCUT2D eigenvalue weighted by Gasteiger charge is -2.38. The van der Waals surface area contributed by atoms with Crippen LogP contribution in [0.3, 0.4) is 0 Å². The van der Waals surface area contributed by atoms with Crippen molar-refractivity contribution in [3.05, 3.63) is 0 Å². The lowest BCUT2D eigenvalue weighted by atomic mass is 10.2. The first kappa shape index (κ1) is 19.5. The van der Waals surface area contributed by atoms with E-state index in [1.807, 2.05) is 20.8 Å². The third-order valence-corrected chi connectivity index (χ3v) is 8.96. The van der Waals surface area contributed by atoms with Gasteiger partial charge in [0, 0.05) is 0 Å². The molecular formula is C16H33NO4Si.